The first-order chi connectivity index (χ1) is 10.1. The van der Waals surface area contributed by atoms with Gasteiger partial charge >= 0.3 is 0 Å². The standard InChI is InChI=1S/C15H15ClN4O/c1-9(2)7-13-10(8-21)14(16)20(19-13)15-17-11-5-3-4-6-12(11)18-15/h3-6,8-9H,7H2,1-2H3,(H,17,18). The van der Waals surface area contributed by atoms with Crippen molar-refractivity contribution in [2.24, 2.45) is 5.92 Å². The summed E-state index contributed by atoms with van der Waals surface area (Å²) in [4.78, 5) is 18.9. The molecule has 21 heavy (non-hydrogen) atoms. The summed E-state index contributed by atoms with van der Waals surface area (Å²) in [6.07, 6.45) is 1.45. The molecule has 0 spiro atoms. The molecule has 108 valence electrons. The van der Waals surface area contributed by atoms with Crippen LogP contribution in [0.25, 0.3) is 17.0 Å². The normalized spacial score (nSPS) is 11.4. The molecule has 0 saturated heterocycles. The third kappa shape index (κ3) is 2.45. The van der Waals surface area contributed by atoms with Gasteiger partial charge in [0.25, 0.3) is 0 Å². The highest BCUT2D eigenvalue weighted by atomic mass is 35.5. The van der Waals surface area contributed by atoms with Crippen LogP contribution in [0.5, 0.6) is 0 Å². The van der Waals surface area contributed by atoms with Gasteiger partial charge in [0.05, 0.1) is 22.3 Å². The number of aromatic nitrogens is 4. The van der Waals surface area contributed by atoms with Gasteiger partial charge in [-0.25, -0.2) is 4.98 Å². The van der Waals surface area contributed by atoms with E-state index >= 15 is 0 Å². The molecule has 0 aliphatic heterocycles. The van der Waals surface area contributed by atoms with Gasteiger partial charge in [0.1, 0.15) is 5.15 Å². The molecule has 1 aromatic carbocycles. The fourth-order valence-corrected chi connectivity index (χ4v) is 2.56. The van der Waals surface area contributed by atoms with Crippen molar-refractivity contribution in [3.63, 3.8) is 0 Å². The van der Waals surface area contributed by atoms with Gasteiger partial charge in [-0.15, -0.1) is 0 Å². The van der Waals surface area contributed by atoms with Gasteiger partial charge < -0.3 is 4.98 Å². The number of fused-ring (bicyclic) bond motifs is 1. The molecule has 0 aliphatic rings. The fraction of sp³-hybridized carbons (Fsp3) is 0.267. The highest BCUT2D eigenvalue weighted by Gasteiger charge is 2.19. The predicted octanol–water partition coefficient (Wildman–Crippen LogP) is 3.41. The van der Waals surface area contributed by atoms with E-state index in [1.54, 1.807) is 0 Å². The minimum absolute atomic E-state index is 0.291. The van der Waals surface area contributed by atoms with Crippen molar-refractivity contribution >= 4 is 28.9 Å². The molecule has 0 saturated carbocycles. The van der Waals surface area contributed by atoms with Crippen LogP contribution in [-0.4, -0.2) is 26.0 Å². The number of carbonyl (C=O) groups is 1. The molecular weight excluding hydrogens is 288 g/mol. The number of aromatic amines is 1. The van der Waals surface area contributed by atoms with E-state index in [1.807, 2.05) is 24.3 Å². The second-order valence-corrected chi connectivity index (χ2v) is 5.71. The van der Waals surface area contributed by atoms with E-state index in [9.17, 15) is 4.79 Å². The molecule has 3 rings (SSSR count). The first-order valence-corrected chi connectivity index (χ1v) is 7.15. The molecule has 6 heteroatoms. The summed E-state index contributed by atoms with van der Waals surface area (Å²) >= 11 is 6.28. The Balaban J connectivity index is 2.13. The van der Waals surface area contributed by atoms with E-state index in [1.165, 1.54) is 4.68 Å². The molecular formula is C15H15ClN4O. The Bertz CT molecular complexity index is 770. The van der Waals surface area contributed by atoms with Crippen LogP contribution in [0.15, 0.2) is 24.3 Å². The maximum Gasteiger partial charge on any atom is 0.230 e. The van der Waals surface area contributed by atoms with Gasteiger partial charge in [0.2, 0.25) is 5.95 Å². The van der Waals surface area contributed by atoms with Gasteiger partial charge in [-0.05, 0) is 24.5 Å². The summed E-state index contributed by atoms with van der Waals surface area (Å²) in [5, 5.41) is 4.74. The number of hydrogen-bond acceptors (Lipinski definition) is 3. The lowest BCUT2D eigenvalue weighted by molar-refractivity contribution is 0.112. The average Bonchev–Trinajstić information content (AvgIpc) is 2.99. The zero-order chi connectivity index (χ0) is 15.0. The van der Waals surface area contributed by atoms with Crippen LogP contribution < -0.4 is 0 Å². The van der Waals surface area contributed by atoms with E-state index < -0.39 is 0 Å². The molecule has 0 aliphatic carbocycles. The van der Waals surface area contributed by atoms with Crippen molar-refractivity contribution in [3.05, 3.63) is 40.7 Å². The number of rotatable bonds is 4. The fourth-order valence-electron chi connectivity index (χ4n) is 2.29. The number of halogens is 1. The van der Waals surface area contributed by atoms with Crippen molar-refractivity contribution in [1.82, 2.24) is 19.7 Å². The topological polar surface area (TPSA) is 63.6 Å². The number of benzene rings is 1. The molecule has 0 bridgehead atoms. The van der Waals surface area contributed by atoms with E-state index in [2.05, 4.69) is 28.9 Å². The number of H-pyrrole nitrogens is 1. The Labute approximate surface area is 126 Å². The van der Waals surface area contributed by atoms with Crippen LogP contribution in [0.4, 0.5) is 0 Å². The molecule has 3 aromatic rings. The third-order valence-corrected chi connectivity index (χ3v) is 3.60. The number of para-hydroxylation sites is 2. The molecule has 0 radical (unpaired) electrons. The summed E-state index contributed by atoms with van der Waals surface area (Å²) < 4.78 is 1.49. The maximum atomic E-state index is 11.3. The quantitative estimate of drug-likeness (QED) is 0.751. The molecule has 0 atom stereocenters. The largest absolute Gasteiger partial charge is 0.322 e. The number of imidazole rings is 1. The van der Waals surface area contributed by atoms with Crippen LogP contribution in [0, 0.1) is 5.92 Å². The maximum absolute atomic E-state index is 11.3. The second kappa shape index (κ2) is 5.33. The van der Waals surface area contributed by atoms with E-state index in [4.69, 9.17) is 11.6 Å². The lowest BCUT2D eigenvalue weighted by Gasteiger charge is -2.00. The average molecular weight is 303 g/mol. The second-order valence-electron chi connectivity index (χ2n) is 5.36. The summed E-state index contributed by atoms with van der Waals surface area (Å²) in [5.41, 5.74) is 2.87. The minimum atomic E-state index is 0.291. The molecule has 5 nitrogen and oxygen atoms in total. The summed E-state index contributed by atoms with van der Waals surface area (Å²) in [6.45, 7) is 4.14. The number of carbonyl (C=O) groups excluding carboxylic acids is 1. The Morgan fingerprint density at radius 2 is 2.14 bits per heavy atom. The van der Waals surface area contributed by atoms with Crippen LogP contribution in [0.2, 0.25) is 5.15 Å². The molecule has 2 aromatic heterocycles. The van der Waals surface area contributed by atoms with Crippen LogP contribution >= 0.6 is 11.6 Å². The highest BCUT2D eigenvalue weighted by molar-refractivity contribution is 6.32. The van der Waals surface area contributed by atoms with Gasteiger partial charge in [-0.1, -0.05) is 37.6 Å². The van der Waals surface area contributed by atoms with E-state index in [0.29, 0.717) is 34.7 Å². The Morgan fingerprint density at radius 3 is 2.81 bits per heavy atom. The predicted molar refractivity (Wildman–Crippen MR) is 82.2 cm³/mol. The Kier molecular flexibility index (Phi) is 3.51. The molecule has 0 unspecified atom stereocenters. The lowest BCUT2D eigenvalue weighted by atomic mass is 10.1. The van der Waals surface area contributed by atoms with Crippen molar-refractivity contribution < 1.29 is 4.79 Å². The smallest absolute Gasteiger partial charge is 0.230 e. The number of hydrogen-bond donors (Lipinski definition) is 1. The van der Waals surface area contributed by atoms with E-state index in [-0.39, 0.29) is 0 Å². The van der Waals surface area contributed by atoms with Crippen LogP contribution in [0.3, 0.4) is 0 Å². The van der Waals surface area contributed by atoms with Gasteiger partial charge in [0.15, 0.2) is 6.29 Å². The first kappa shape index (κ1) is 13.8. The zero-order valence-corrected chi connectivity index (χ0v) is 12.6. The summed E-state index contributed by atoms with van der Waals surface area (Å²) in [7, 11) is 0. The molecule has 2 heterocycles. The molecule has 0 amide bonds. The number of nitrogens with one attached hydrogen (secondary N) is 1. The zero-order valence-electron chi connectivity index (χ0n) is 11.8. The van der Waals surface area contributed by atoms with Crippen molar-refractivity contribution in [2.45, 2.75) is 20.3 Å². The minimum Gasteiger partial charge on any atom is -0.322 e. The summed E-state index contributed by atoms with van der Waals surface area (Å²) in [5.74, 6) is 0.901. The lowest BCUT2D eigenvalue weighted by Crippen LogP contribution is -2.01. The molecule has 0 fully saturated rings. The molecule has 1 N–H and O–H groups in total. The number of nitrogens with zero attached hydrogens (tertiary/aromatic N) is 3. The van der Waals surface area contributed by atoms with Crippen molar-refractivity contribution in [2.75, 3.05) is 0 Å². The van der Waals surface area contributed by atoms with Crippen LogP contribution in [-0.2, 0) is 6.42 Å². The summed E-state index contributed by atoms with van der Waals surface area (Å²) in [6, 6.07) is 7.68. The Hall–Kier alpha value is -2.14. The highest BCUT2D eigenvalue weighted by Crippen LogP contribution is 2.24. The Morgan fingerprint density at radius 1 is 1.38 bits per heavy atom. The SMILES string of the molecule is CC(C)Cc1nn(-c2nc3ccccc3[nH]2)c(Cl)c1C=O. The first-order valence-electron chi connectivity index (χ1n) is 6.78. The monoisotopic (exact) mass is 302 g/mol. The van der Waals surface area contributed by atoms with E-state index in [0.717, 1.165) is 17.3 Å². The number of aldehydes is 1. The van der Waals surface area contributed by atoms with Gasteiger partial charge in [-0.3, -0.25) is 4.79 Å². The van der Waals surface area contributed by atoms with Crippen LogP contribution in [0.1, 0.15) is 29.9 Å². The van der Waals surface area contributed by atoms with Gasteiger partial charge in [0, 0.05) is 0 Å². The van der Waals surface area contributed by atoms with Gasteiger partial charge in [-0.2, -0.15) is 9.78 Å². The third-order valence-electron chi connectivity index (χ3n) is 3.24. The van der Waals surface area contributed by atoms with Crippen molar-refractivity contribution in [1.29, 1.82) is 0 Å². The van der Waals surface area contributed by atoms with Crippen molar-refractivity contribution in [3.8, 4) is 5.95 Å².